The molecule has 1 atom stereocenters. The first-order chi connectivity index (χ1) is 26.2. The van der Waals surface area contributed by atoms with Crippen molar-refractivity contribution >= 4 is 29.1 Å². The van der Waals surface area contributed by atoms with E-state index >= 15 is 0 Å². The highest BCUT2D eigenvalue weighted by Crippen LogP contribution is 2.41. The summed E-state index contributed by atoms with van der Waals surface area (Å²) in [4.78, 5) is 54.0. The molecule has 0 bridgehead atoms. The smallest absolute Gasteiger partial charge is 0.305 e. The lowest BCUT2D eigenvalue weighted by molar-refractivity contribution is -0.144. The molecule has 0 saturated carbocycles. The topological polar surface area (TPSA) is 141 Å². The fraction of sp³-hybridized carbons (Fsp3) is 0.591. The molecule has 0 radical (unpaired) electrons. The van der Waals surface area contributed by atoms with Gasteiger partial charge in [0, 0.05) is 61.4 Å². The first-order valence-electron chi connectivity index (χ1n) is 20.0. The Labute approximate surface area is 327 Å². The van der Waals surface area contributed by atoms with E-state index in [-0.39, 0.29) is 73.4 Å². The number of ether oxygens (including phenoxy) is 2. The number of Topliss-reactive ketones (excluding diaryl/α,β-unsaturated/α-hetero) is 2. The highest BCUT2D eigenvalue weighted by Gasteiger charge is 2.32. The summed E-state index contributed by atoms with van der Waals surface area (Å²) in [5.41, 5.74) is 4.45. The van der Waals surface area contributed by atoms with Crippen LogP contribution in [0.15, 0.2) is 48.5 Å². The van der Waals surface area contributed by atoms with Gasteiger partial charge in [0.1, 0.15) is 23.9 Å². The van der Waals surface area contributed by atoms with Crippen LogP contribution in [0, 0.1) is 16.7 Å². The highest BCUT2D eigenvalue weighted by molar-refractivity contribution is 6.00. The summed E-state index contributed by atoms with van der Waals surface area (Å²) in [5.74, 6) is 0.0223. The Balaban J connectivity index is 1.37. The quantitative estimate of drug-likeness (QED) is 0.0842. The van der Waals surface area contributed by atoms with Crippen molar-refractivity contribution in [1.82, 2.24) is 15.0 Å². The van der Waals surface area contributed by atoms with Crippen molar-refractivity contribution in [2.45, 2.75) is 125 Å². The van der Waals surface area contributed by atoms with Crippen molar-refractivity contribution in [2.75, 3.05) is 31.3 Å². The number of hydrogen-bond acceptors (Lipinski definition) is 9. The number of anilines is 1. The van der Waals surface area contributed by atoms with E-state index in [9.17, 15) is 19.2 Å². The molecule has 1 unspecified atom stereocenters. The molecular formula is C44H62N4O7. The zero-order valence-electron chi connectivity index (χ0n) is 33.9. The Morgan fingerprint density at radius 3 is 2.25 bits per heavy atom. The fourth-order valence-electron chi connectivity index (χ4n) is 7.18. The van der Waals surface area contributed by atoms with Gasteiger partial charge in [-0.05, 0) is 49.1 Å². The number of fused-ring (bicyclic) bond motifs is 5. The molecule has 4 rings (SSSR count). The first kappa shape index (κ1) is 43.5. The van der Waals surface area contributed by atoms with Crippen LogP contribution in [0.1, 0.15) is 118 Å². The summed E-state index contributed by atoms with van der Waals surface area (Å²) in [6, 6.07) is 15.5. The number of unbranched alkanes of at least 4 members (excludes halogenated alkanes) is 2. The van der Waals surface area contributed by atoms with E-state index in [0.29, 0.717) is 56.9 Å². The number of esters is 1. The molecule has 1 amide bonds. The highest BCUT2D eigenvalue weighted by atomic mass is 16.5. The summed E-state index contributed by atoms with van der Waals surface area (Å²) >= 11 is 0. The van der Waals surface area contributed by atoms with Crippen LogP contribution in [0.5, 0.6) is 0 Å². The number of nitrogens with zero attached hydrogens (tertiary/aromatic N) is 4. The van der Waals surface area contributed by atoms with Crippen LogP contribution in [0.3, 0.4) is 0 Å². The second kappa shape index (κ2) is 20.6. The number of carbonyl (C=O) groups excluding carboxylic acids is 4. The van der Waals surface area contributed by atoms with Crippen molar-refractivity contribution in [3.63, 3.8) is 0 Å². The molecule has 0 aliphatic carbocycles. The van der Waals surface area contributed by atoms with Gasteiger partial charge in [-0.1, -0.05) is 102 Å². The van der Waals surface area contributed by atoms with E-state index in [4.69, 9.17) is 14.6 Å². The molecular weight excluding hydrogens is 697 g/mol. The van der Waals surface area contributed by atoms with Crippen LogP contribution in [-0.2, 0) is 41.7 Å². The van der Waals surface area contributed by atoms with Crippen LogP contribution in [0.2, 0.25) is 0 Å². The summed E-state index contributed by atoms with van der Waals surface area (Å²) in [5, 5.41) is 18.0. The molecule has 1 aromatic heterocycles. The van der Waals surface area contributed by atoms with Crippen LogP contribution in [0.25, 0.3) is 22.5 Å². The van der Waals surface area contributed by atoms with E-state index in [1.807, 2.05) is 69.3 Å². The number of aromatic nitrogens is 3. The van der Waals surface area contributed by atoms with Gasteiger partial charge < -0.3 is 19.5 Å². The van der Waals surface area contributed by atoms with Crippen molar-refractivity contribution in [2.24, 2.45) is 16.7 Å². The van der Waals surface area contributed by atoms with Crippen LogP contribution < -0.4 is 4.90 Å². The van der Waals surface area contributed by atoms with E-state index in [1.54, 1.807) is 9.58 Å². The van der Waals surface area contributed by atoms with Gasteiger partial charge in [-0.3, -0.25) is 19.2 Å². The first-order valence-corrected chi connectivity index (χ1v) is 20.0. The minimum atomic E-state index is -0.370. The van der Waals surface area contributed by atoms with Gasteiger partial charge in [0.2, 0.25) is 5.91 Å². The van der Waals surface area contributed by atoms with Crippen molar-refractivity contribution < 1.29 is 33.8 Å². The van der Waals surface area contributed by atoms with E-state index in [0.717, 1.165) is 53.8 Å². The van der Waals surface area contributed by atoms with Gasteiger partial charge in [-0.25, -0.2) is 4.68 Å². The third-order valence-electron chi connectivity index (χ3n) is 9.87. The predicted molar refractivity (Wildman–Crippen MR) is 214 cm³/mol. The minimum absolute atomic E-state index is 0.0201. The average molecular weight is 759 g/mol. The molecule has 2 aromatic carbocycles. The molecule has 0 fully saturated rings. The second-order valence-corrected chi connectivity index (χ2v) is 16.9. The van der Waals surface area contributed by atoms with E-state index in [2.05, 4.69) is 31.1 Å². The monoisotopic (exact) mass is 758 g/mol. The number of carbonyl (C=O) groups is 4. The number of amides is 1. The van der Waals surface area contributed by atoms with Crippen LogP contribution in [-0.4, -0.2) is 70.0 Å². The Morgan fingerprint density at radius 2 is 1.53 bits per heavy atom. The Hall–Kier alpha value is -4.22. The van der Waals surface area contributed by atoms with Crippen LogP contribution in [0.4, 0.5) is 5.69 Å². The molecule has 3 aromatic rings. The molecule has 1 aliphatic heterocycles. The lowest BCUT2D eigenvalue weighted by atomic mass is 9.74. The van der Waals surface area contributed by atoms with Gasteiger partial charge in [0.25, 0.3) is 0 Å². The summed E-state index contributed by atoms with van der Waals surface area (Å²) < 4.78 is 12.8. The fourth-order valence-corrected chi connectivity index (χ4v) is 7.18. The lowest BCUT2D eigenvalue weighted by Crippen LogP contribution is -2.31. The molecule has 2 heterocycles. The van der Waals surface area contributed by atoms with Gasteiger partial charge in [0.05, 0.1) is 31.1 Å². The molecule has 0 spiro atoms. The maximum absolute atomic E-state index is 13.9. The standard InChI is InChI=1S/C44H62N4O7/c1-43(2,3)30-32(42(53)44(4,5)6)16-8-7-9-23-39(52)55-29-25-48-41-36-20-12-13-21-37(36)47(31-33-17-10-11-19-35(33)40(41)45-46-48)38(51)22-14-18-34(50)24-28-54-27-15-26-49/h10-13,17,19-21,32,49H,7-9,14-16,18,22-31H2,1-6H3. The van der Waals surface area contributed by atoms with E-state index < -0.39 is 0 Å². The summed E-state index contributed by atoms with van der Waals surface area (Å²) in [6.45, 7) is 14.0. The minimum Gasteiger partial charge on any atom is -0.464 e. The number of hydrogen-bond donors (Lipinski definition) is 1. The maximum Gasteiger partial charge on any atom is 0.305 e. The molecule has 300 valence electrons. The Kier molecular flexibility index (Phi) is 16.3. The number of rotatable bonds is 21. The SMILES string of the molecule is CC(C)(C)CC(CCCCCC(=O)OCCn1nnc2c1-c1ccccc1N(C(=O)CCCC(=O)CCOCCCO)Cc1ccccc1-2)C(=O)C(C)(C)C. The number of ketones is 2. The predicted octanol–water partition coefficient (Wildman–Crippen LogP) is 8.15. The molecule has 0 saturated heterocycles. The molecule has 1 aliphatic rings. The maximum atomic E-state index is 13.9. The van der Waals surface area contributed by atoms with Gasteiger partial charge in [-0.15, -0.1) is 5.10 Å². The summed E-state index contributed by atoms with van der Waals surface area (Å²) in [7, 11) is 0. The Bertz CT molecular complexity index is 1740. The molecule has 55 heavy (non-hydrogen) atoms. The number of para-hydroxylation sites is 1. The van der Waals surface area contributed by atoms with E-state index in [1.165, 1.54) is 0 Å². The van der Waals surface area contributed by atoms with Crippen LogP contribution >= 0.6 is 0 Å². The number of benzene rings is 2. The average Bonchev–Trinajstić information content (AvgIpc) is 3.54. The lowest BCUT2D eigenvalue weighted by Gasteiger charge is -2.30. The largest absolute Gasteiger partial charge is 0.464 e. The second-order valence-electron chi connectivity index (χ2n) is 16.9. The normalized spacial score (nSPS) is 13.3. The zero-order valence-corrected chi connectivity index (χ0v) is 33.9. The van der Waals surface area contributed by atoms with Crippen molar-refractivity contribution in [3.8, 4) is 22.5 Å². The number of aliphatic hydroxyl groups excluding tert-OH is 1. The molecule has 1 N–H and O–H groups in total. The van der Waals surface area contributed by atoms with Gasteiger partial charge >= 0.3 is 5.97 Å². The summed E-state index contributed by atoms with van der Waals surface area (Å²) in [6.07, 6.45) is 6.19. The van der Waals surface area contributed by atoms with Gasteiger partial charge in [0.15, 0.2) is 0 Å². The molecule has 11 heteroatoms. The molecule has 11 nitrogen and oxygen atoms in total. The third kappa shape index (κ3) is 13.2. The Morgan fingerprint density at radius 1 is 0.800 bits per heavy atom. The zero-order chi connectivity index (χ0) is 40.0. The van der Waals surface area contributed by atoms with Crippen molar-refractivity contribution in [3.05, 3.63) is 54.1 Å². The van der Waals surface area contributed by atoms with Crippen molar-refractivity contribution in [1.29, 1.82) is 0 Å². The van der Waals surface area contributed by atoms with Gasteiger partial charge in [-0.2, -0.15) is 0 Å². The third-order valence-corrected chi connectivity index (χ3v) is 9.87. The number of aliphatic hydroxyl groups is 1.